The highest BCUT2D eigenvalue weighted by molar-refractivity contribution is 9.18. The minimum absolute atomic E-state index is 0.423. The van der Waals surface area contributed by atoms with Crippen LogP contribution in [0.25, 0.3) is 0 Å². The molecule has 0 aromatic heterocycles. The van der Waals surface area contributed by atoms with Crippen molar-refractivity contribution in [1.82, 2.24) is 5.32 Å². The van der Waals surface area contributed by atoms with Crippen LogP contribution in [0.1, 0.15) is 6.92 Å². The molecule has 0 radical (unpaired) electrons. The van der Waals surface area contributed by atoms with Crippen LogP contribution in [0.2, 0.25) is 0 Å². The second kappa shape index (κ2) is 3.66. The van der Waals surface area contributed by atoms with Gasteiger partial charge in [-0.2, -0.15) is 0 Å². The van der Waals surface area contributed by atoms with E-state index in [1.54, 1.807) is 13.2 Å². The highest BCUT2D eigenvalue weighted by Gasteiger charge is 1.88. The van der Waals surface area contributed by atoms with Gasteiger partial charge in [0.25, 0.3) is 0 Å². The highest BCUT2D eigenvalue weighted by atomic mass is 79.9. The summed E-state index contributed by atoms with van der Waals surface area (Å²) in [5, 5.41) is 9.83. The van der Waals surface area contributed by atoms with Crippen molar-refractivity contribution in [2.75, 3.05) is 7.05 Å². The zero-order chi connectivity index (χ0) is 6.57. The quantitative estimate of drug-likeness (QED) is 0.615. The summed E-state index contributed by atoms with van der Waals surface area (Å²) in [5.41, 5.74) is 0.896. The topological polar surface area (TPSA) is 35.9 Å². The Hall–Kier alpha value is -0.310. The van der Waals surface area contributed by atoms with Gasteiger partial charge in [-0.25, -0.2) is 0 Å². The van der Waals surface area contributed by atoms with Crippen LogP contribution in [0.3, 0.4) is 0 Å². The molecule has 0 rings (SSSR count). The standard InChI is InChI=1S/C5H9BrN2/c1-4(3-8-2)5(6)7/h3,7-8H,1-2H3/b4-3-,7-5?. The number of allylic oxidation sites excluding steroid dienone is 1. The Kier molecular flexibility index (Phi) is 3.52. The van der Waals surface area contributed by atoms with Crippen LogP contribution in [-0.4, -0.2) is 11.7 Å². The lowest BCUT2D eigenvalue weighted by Crippen LogP contribution is -1.97. The summed E-state index contributed by atoms with van der Waals surface area (Å²) >= 11 is 3.02. The molecule has 0 aliphatic rings. The van der Waals surface area contributed by atoms with E-state index in [0.717, 1.165) is 5.57 Å². The number of nitrogens with one attached hydrogen (secondary N) is 2. The van der Waals surface area contributed by atoms with Crippen LogP contribution in [0.4, 0.5) is 0 Å². The van der Waals surface area contributed by atoms with Crippen LogP contribution < -0.4 is 5.32 Å². The van der Waals surface area contributed by atoms with Gasteiger partial charge in [0, 0.05) is 13.2 Å². The van der Waals surface area contributed by atoms with E-state index in [9.17, 15) is 0 Å². The maximum atomic E-state index is 7.01. The van der Waals surface area contributed by atoms with E-state index in [2.05, 4.69) is 21.2 Å². The van der Waals surface area contributed by atoms with Crippen molar-refractivity contribution in [3.8, 4) is 0 Å². The third-order valence-corrected chi connectivity index (χ3v) is 1.33. The third-order valence-electron chi connectivity index (χ3n) is 0.707. The van der Waals surface area contributed by atoms with Crippen LogP contribution in [-0.2, 0) is 0 Å². The molecule has 2 N–H and O–H groups in total. The van der Waals surface area contributed by atoms with Gasteiger partial charge in [0.15, 0.2) is 0 Å². The van der Waals surface area contributed by atoms with Gasteiger partial charge >= 0.3 is 0 Å². The molecule has 0 atom stereocenters. The molecule has 2 nitrogen and oxygen atoms in total. The second-order valence-corrected chi connectivity index (χ2v) is 2.22. The third kappa shape index (κ3) is 2.80. The molecule has 46 valence electrons. The number of hydrogen-bond acceptors (Lipinski definition) is 2. The van der Waals surface area contributed by atoms with Crippen molar-refractivity contribution in [3.05, 3.63) is 11.8 Å². The molecule has 0 fully saturated rings. The van der Waals surface area contributed by atoms with Gasteiger partial charge in [-0.05, 0) is 28.4 Å². The molecule has 0 saturated heterocycles. The molecule has 0 heterocycles. The fraction of sp³-hybridized carbons (Fsp3) is 0.400. The summed E-state index contributed by atoms with van der Waals surface area (Å²) in [6.45, 7) is 1.85. The lowest BCUT2D eigenvalue weighted by molar-refractivity contribution is 1.09. The molecular weight excluding hydrogens is 168 g/mol. The van der Waals surface area contributed by atoms with E-state index in [-0.39, 0.29) is 0 Å². The minimum atomic E-state index is 0.423. The van der Waals surface area contributed by atoms with Crippen LogP contribution in [0, 0.1) is 5.41 Å². The van der Waals surface area contributed by atoms with Crippen LogP contribution >= 0.6 is 15.9 Å². The normalized spacial score (nSPS) is 11.1. The van der Waals surface area contributed by atoms with Gasteiger partial charge < -0.3 is 5.32 Å². The van der Waals surface area contributed by atoms with Crippen molar-refractivity contribution in [2.45, 2.75) is 6.92 Å². The molecule has 0 aromatic rings. The molecule has 0 aliphatic heterocycles. The molecule has 0 saturated carbocycles. The summed E-state index contributed by atoms with van der Waals surface area (Å²) in [4.78, 5) is 0. The molecular formula is C5H9BrN2. The minimum Gasteiger partial charge on any atom is -0.394 e. The van der Waals surface area contributed by atoms with E-state index >= 15 is 0 Å². The summed E-state index contributed by atoms with van der Waals surface area (Å²) in [7, 11) is 1.80. The Balaban J connectivity index is 3.80. The molecule has 0 aromatic carbocycles. The second-order valence-electron chi connectivity index (χ2n) is 1.43. The van der Waals surface area contributed by atoms with E-state index in [1.165, 1.54) is 0 Å². The van der Waals surface area contributed by atoms with Crippen molar-refractivity contribution in [1.29, 1.82) is 5.41 Å². The summed E-state index contributed by atoms with van der Waals surface area (Å²) in [5.74, 6) is 0. The van der Waals surface area contributed by atoms with Gasteiger partial charge in [0.2, 0.25) is 0 Å². The largest absolute Gasteiger partial charge is 0.394 e. The van der Waals surface area contributed by atoms with Crippen molar-refractivity contribution >= 4 is 20.6 Å². The van der Waals surface area contributed by atoms with Crippen LogP contribution in [0.5, 0.6) is 0 Å². The Morgan fingerprint density at radius 3 is 2.38 bits per heavy atom. The molecule has 0 aliphatic carbocycles. The molecule has 3 heteroatoms. The Bertz CT molecular complexity index is 118. The molecule has 8 heavy (non-hydrogen) atoms. The monoisotopic (exact) mass is 176 g/mol. The first kappa shape index (κ1) is 7.69. The fourth-order valence-corrected chi connectivity index (χ4v) is 0.394. The summed E-state index contributed by atoms with van der Waals surface area (Å²) < 4.78 is 0.423. The van der Waals surface area contributed by atoms with Gasteiger partial charge in [-0.15, -0.1) is 0 Å². The average Bonchev–Trinajstić information content (AvgIpc) is 1.67. The van der Waals surface area contributed by atoms with Gasteiger partial charge in [0.1, 0.15) is 4.62 Å². The SMILES string of the molecule is CN/C=C(/C)C(=N)Br. The molecule has 0 unspecified atom stereocenters. The number of rotatable bonds is 2. The lowest BCUT2D eigenvalue weighted by atomic mass is 10.4. The maximum absolute atomic E-state index is 7.01. The van der Waals surface area contributed by atoms with Crippen molar-refractivity contribution in [3.63, 3.8) is 0 Å². The molecule has 0 amide bonds. The fourth-order valence-electron chi connectivity index (χ4n) is 0.280. The maximum Gasteiger partial charge on any atom is 0.101 e. The van der Waals surface area contributed by atoms with Gasteiger partial charge in [-0.3, -0.25) is 5.41 Å². The zero-order valence-corrected chi connectivity index (χ0v) is 6.54. The highest BCUT2D eigenvalue weighted by Crippen LogP contribution is 1.98. The van der Waals surface area contributed by atoms with E-state index in [0.29, 0.717) is 4.62 Å². The Labute approximate surface area is 57.6 Å². The van der Waals surface area contributed by atoms with Crippen molar-refractivity contribution < 1.29 is 0 Å². The Morgan fingerprint density at radius 1 is 1.75 bits per heavy atom. The average molecular weight is 177 g/mol. The van der Waals surface area contributed by atoms with Crippen molar-refractivity contribution in [2.24, 2.45) is 0 Å². The number of hydrogen-bond donors (Lipinski definition) is 2. The first-order valence-electron chi connectivity index (χ1n) is 2.27. The summed E-state index contributed by atoms with van der Waals surface area (Å²) in [6, 6.07) is 0. The van der Waals surface area contributed by atoms with E-state index in [4.69, 9.17) is 5.41 Å². The Morgan fingerprint density at radius 2 is 2.25 bits per heavy atom. The molecule has 0 spiro atoms. The first-order chi connectivity index (χ1) is 3.68. The van der Waals surface area contributed by atoms with E-state index < -0.39 is 0 Å². The van der Waals surface area contributed by atoms with Crippen LogP contribution in [0.15, 0.2) is 11.8 Å². The first-order valence-corrected chi connectivity index (χ1v) is 3.06. The van der Waals surface area contributed by atoms with Gasteiger partial charge in [-0.1, -0.05) is 0 Å². The summed E-state index contributed by atoms with van der Waals surface area (Å²) in [6.07, 6.45) is 1.76. The predicted molar refractivity (Wildman–Crippen MR) is 39.5 cm³/mol. The van der Waals surface area contributed by atoms with E-state index in [1.807, 2.05) is 6.92 Å². The number of halogens is 1. The zero-order valence-electron chi connectivity index (χ0n) is 4.96. The molecule has 0 bridgehead atoms. The lowest BCUT2D eigenvalue weighted by Gasteiger charge is -1.92. The van der Waals surface area contributed by atoms with Gasteiger partial charge in [0.05, 0.1) is 0 Å². The smallest absolute Gasteiger partial charge is 0.101 e. The predicted octanol–water partition coefficient (Wildman–Crippen LogP) is 1.48.